The van der Waals surface area contributed by atoms with E-state index in [1.54, 1.807) is 20.9 Å². The van der Waals surface area contributed by atoms with Crippen LogP contribution in [0.15, 0.2) is 4.90 Å². The Labute approximate surface area is 101 Å². The van der Waals surface area contributed by atoms with Gasteiger partial charge in [-0.15, -0.1) is 6.42 Å². The molecule has 1 atom stereocenters. The van der Waals surface area contributed by atoms with Crippen molar-refractivity contribution >= 4 is 10.0 Å². The number of hydrogen-bond donors (Lipinski definition) is 2. The number of sulfonamides is 1. The number of nitrogens with zero attached hydrogens (tertiary/aromatic N) is 2. The fourth-order valence-electron chi connectivity index (χ4n) is 1.51. The molecule has 0 aliphatic carbocycles. The Balaban J connectivity index is 3.19. The van der Waals surface area contributed by atoms with Gasteiger partial charge in [-0.3, -0.25) is 4.68 Å². The van der Waals surface area contributed by atoms with Gasteiger partial charge in [0.1, 0.15) is 10.9 Å². The van der Waals surface area contributed by atoms with Gasteiger partial charge >= 0.3 is 0 Å². The molecule has 0 spiro atoms. The van der Waals surface area contributed by atoms with Gasteiger partial charge in [0.25, 0.3) is 0 Å². The lowest BCUT2D eigenvalue weighted by Crippen LogP contribution is -2.36. The van der Waals surface area contributed by atoms with E-state index in [1.807, 2.05) is 0 Å². The van der Waals surface area contributed by atoms with Gasteiger partial charge in [0.05, 0.1) is 18.0 Å². The molecule has 0 aliphatic heterocycles. The van der Waals surface area contributed by atoms with E-state index in [-0.39, 0.29) is 4.90 Å². The Morgan fingerprint density at radius 1 is 1.59 bits per heavy atom. The molecular formula is C10H15N3O3S. The van der Waals surface area contributed by atoms with Crippen molar-refractivity contribution in [2.45, 2.75) is 24.8 Å². The third-order valence-electron chi connectivity index (χ3n) is 2.39. The Hall–Kier alpha value is -1.36. The molecule has 0 aliphatic rings. The number of aromatic nitrogens is 2. The van der Waals surface area contributed by atoms with Crippen molar-refractivity contribution in [3.05, 3.63) is 11.4 Å². The Morgan fingerprint density at radius 3 is 2.53 bits per heavy atom. The molecule has 0 radical (unpaired) electrons. The molecule has 0 saturated carbocycles. The summed E-state index contributed by atoms with van der Waals surface area (Å²) in [6, 6.07) is -0.931. The number of aliphatic hydroxyl groups excluding tert-OH is 1. The number of aryl methyl sites for hydroxylation is 2. The van der Waals surface area contributed by atoms with E-state index in [0.29, 0.717) is 11.4 Å². The standard InChI is InChI=1S/C10H15N3O3S/c1-5-9(6-14)12-17(15,16)10-7(2)11-13(4)8(10)3/h1,9,12,14H,6H2,2-4H3. The van der Waals surface area contributed by atoms with Gasteiger partial charge in [-0.25, -0.2) is 8.42 Å². The predicted octanol–water partition coefficient (Wildman–Crippen LogP) is -0.691. The summed E-state index contributed by atoms with van der Waals surface area (Å²) in [4.78, 5) is 0.105. The van der Waals surface area contributed by atoms with Crippen LogP contribution in [0.2, 0.25) is 0 Å². The van der Waals surface area contributed by atoms with Crippen molar-refractivity contribution in [1.82, 2.24) is 14.5 Å². The van der Waals surface area contributed by atoms with Gasteiger partial charge < -0.3 is 5.11 Å². The fraction of sp³-hybridized carbons (Fsp3) is 0.500. The molecule has 0 fully saturated rings. The van der Waals surface area contributed by atoms with Crippen molar-refractivity contribution in [1.29, 1.82) is 0 Å². The molecule has 1 aromatic rings. The summed E-state index contributed by atoms with van der Waals surface area (Å²) in [6.07, 6.45) is 5.09. The highest BCUT2D eigenvalue weighted by Gasteiger charge is 2.25. The van der Waals surface area contributed by atoms with Gasteiger partial charge in [0.15, 0.2) is 0 Å². The minimum absolute atomic E-state index is 0.105. The molecule has 0 bridgehead atoms. The lowest BCUT2D eigenvalue weighted by molar-refractivity contribution is 0.280. The van der Waals surface area contributed by atoms with E-state index in [2.05, 4.69) is 15.7 Å². The number of terminal acetylenes is 1. The second-order valence-electron chi connectivity index (χ2n) is 3.65. The Morgan fingerprint density at radius 2 is 2.18 bits per heavy atom. The van der Waals surface area contributed by atoms with E-state index in [0.717, 1.165) is 0 Å². The van der Waals surface area contributed by atoms with E-state index in [9.17, 15) is 8.42 Å². The van der Waals surface area contributed by atoms with Crippen LogP contribution in [0.25, 0.3) is 0 Å². The molecule has 94 valence electrons. The zero-order valence-electron chi connectivity index (χ0n) is 9.93. The lowest BCUT2D eigenvalue weighted by atomic mass is 10.4. The van der Waals surface area contributed by atoms with E-state index in [1.165, 1.54) is 4.68 Å². The molecule has 0 amide bonds. The number of rotatable bonds is 4. The lowest BCUT2D eigenvalue weighted by Gasteiger charge is -2.11. The average molecular weight is 257 g/mol. The van der Waals surface area contributed by atoms with Crippen molar-refractivity contribution < 1.29 is 13.5 Å². The number of nitrogens with one attached hydrogen (secondary N) is 1. The highest BCUT2D eigenvalue weighted by Crippen LogP contribution is 2.18. The minimum Gasteiger partial charge on any atom is -0.394 e. The van der Waals surface area contributed by atoms with Gasteiger partial charge in [0, 0.05) is 7.05 Å². The second-order valence-corrected chi connectivity index (χ2v) is 5.30. The smallest absolute Gasteiger partial charge is 0.245 e. The third-order valence-corrected chi connectivity index (χ3v) is 4.12. The van der Waals surface area contributed by atoms with Crippen LogP contribution in [0.4, 0.5) is 0 Å². The monoisotopic (exact) mass is 257 g/mol. The minimum atomic E-state index is -3.76. The number of hydrogen-bond acceptors (Lipinski definition) is 4. The van der Waals surface area contributed by atoms with Crippen LogP contribution in [0.1, 0.15) is 11.4 Å². The maximum absolute atomic E-state index is 12.0. The topological polar surface area (TPSA) is 84.2 Å². The highest BCUT2D eigenvalue weighted by molar-refractivity contribution is 7.89. The van der Waals surface area contributed by atoms with Crippen LogP contribution in [-0.4, -0.2) is 36.0 Å². The molecule has 0 saturated heterocycles. The molecule has 1 rings (SSSR count). The average Bonchev–Trinajstić information content (AvgIpc) is 2.50. The summed E-state index contributed by atoms with van der Waals surface area (Å²) in [5, 5.41) is 12.9. The quantitative estimate of drug-likeness (QED) is 0.699. The summed E-state index contributed by atoms with van der Waals surface area (Å²) in [7, 11) is -2.10. The molecule has 1 aromatic heterocycles. The van der Waals surface area contributed by atoms with Crippen LogP contribution in [0.3, 0.4) is 0 Å². The van der Waals surface area contributed by atoms with Crippen molar-refractivity contribution in [3.8, 4) is 12.3 Å². The second kappa shape index (κ2) is 4.87. The number of aliphatic hydroxyl groups is 1. The first-order chi connectivity index (χ1) is 7.83. The predicted molar refractivity (Wildman–Crippen MR) is 62.7 cm³/mol. The van der Waals surface area contributed by atoms with Crippen molar-refractivity contribution in [2.75, 3.05) is 6.61 Å². The summed E-state index contributed by atoms with van der Waals surface area (Å²) in [6.45, 7) is 2.80. The van der Waals surface area contributed by atoms with Gasteiger partial charge in [-0.1, -0.05) is 5.92 Å². The van der Waals surface area contributed by atoms with E-state index >= 15 is 0 Å². The van der Waals surface area contributed by atoms with Crippen LogP contribution in [0, 0.1) is 26.2 Å². The largest absolute Gasteiger partial charge is 0.394 e. The summed E-state index contributed by atoms with van der Waals surface area (Å²) in [5.41, 5.74) is 0.912. The molecule has 17 heavy (non-hydrogen) atoms. The summed E-state index contributed by atoms with van der Waals surface area (Å²) in [5.74, 6) is 2.16. The van der Waals surface area contributed by atoms with Gasteiger partial charge in [0.2, 0.25) is 10.0 Å². The zero-order valence-corrected chi connectivity index (χ0v) is 10.7. The van der Waals surface area contributed by atoms with Crippen LogP contribution < -0.4 is 4.72 Å². The van der Waals surface area contributed by atoms with Crippen molar-refractivity contribution in [3.63, 3.8) is 0 Å². The first-order valence-corrected chi connectivity index (χ1v) is 6.41. The third kappa shape index (κ3) is 2.66. The molecule has 1 unspecified atom stereocenters. The van der Waals surface area contributed by atoms with Crippen LogP contribution >= 0.6 is 0 Å². The highest BCUT2D eigenvalue weighted by atomic mass is 32.2. The van der Waals surface area contributed by atoms with Gasteiger partial charge in [-0.05, 0) is 13.8 Å². The maximum Gasteiger partial charge on any atom is 0.245 e. The SMILES string of the molecule is C#CC(CO)NS(=O)(=O)c1c(C)nn(C)c1C. The van der Waals surface area contributed by atoms with E-state index < -0.39 is 22.7 Å². The van der Waals surface area contributed by atoms with Crippen LogP contribution in [-0.2, 0) is 17.1 Å². The molecular weight excluding hydrogens is 242 g/mol. The van der Waals surface area contributed by atoms with Crippen LogP contribution in [0.5, 0.6) is 0 Å². The molecule has 2 N–H and O–H groups in total. The normalized spacial score (nSPS) is 13.4. The molecule has 7 heteroatoms. The zero-order chi connectivity index (χ0) is 13.2. The first-order valence-electron chi connectivity index (χ1n) is 4.93. The van der Waals surface area contributed by atoms with Gasteiger partial charge in [-0.2, -0.15) is 9.82 Å². The van der Waals surface area contributed by atoms with E-state index in [4.69, 9.17) is 11.5 Å². The molecule has 1 heterocycles. The maximum atomic E-state index is 12.0. The fourth-order valence-corrected chi connectivity index (χ4v) is 3.10. The Kier molecular flexibility index (Phi) is 3.93. The van der Waals surface area contributed by atoms with Crippen molar-refractivity contribution in [2.24, 2.45) is 7.05 Å². The summed E-state index contributed by atoms with van der Waals surface area (Å²) >= 11 is 0. The molecule has 0 aromatic carbocycles. The first kappa shape index (κ1) is 13.7. The summed E-state index contributed by atoms with van der Waals surface area (Å²) < 4.78 is 27.8. The Bertz CT molecular complexity index is 554. The molecule has 6 nitrogen and oxygen atoms in total.